The van der Waals surface area contributed by atoms with Crippen molar-refractivity contribution in [2.75, 3.05) is 20.4 Å². The molecule has 0 aliphatic carbocycles. The molecule has 1 aromatic carbocycles. The molecule has 0 aliphatic rings. The lowest BCUT2D eigenvalue weighted by Crippen LogP contribution is -2.09. The highest BCUT2D eigenvalue weighted by Gasteiger charge is 2.07. The van der Waals surface area contributed by atoms with E-state index in [1.807, 2.05) is 6.08 Å². The Hall–Kier alpha value is -1.75. The van der Waals surface area contributed by atoms with Crippen molar-refractivity contribution >= 4 is 15.5 Å². The van der Waals surface area contributed by atoms with Crippen molar-refractivity contribution in [3.63, 3.8) is 0 Å². The van der Waals surface area contributed by atoms with Crippen LogP contribution >= 0.6 is 0 Å². The van der Waals surface area contributed by atoms with Gasteiger partial charge >= 0.3 is 0 Å². The van der Waals surface area contributed by atoms with Gasteiger partial charge in [0.1, 0.15) is 0 Å². The number of allylic oxidation sites excluding steroid dienone is 1. The molecular weight excluding hydrogens is 248 g/mol. The molecule has 0 amide bonds. The van der Waals surface area contributed by atoms with Crippen LogP contribution in [0.15, 0.2) is 47.5 Å². The van der Waals surface area contributed by atoms with Gasteiger partial charge in [-0.2, -0.15) is 0 Å². The summed E-state index contributed by atoms with van der Waals surface area (Å²) in [5, 5.41) is 5.98. The summed E-state index contributed by atoms with van der Waals surface area (Å²) in [6, 6.07) is 6.72. The van der Waals surface area contributed by atoms with E-state index in [0.29, 0.717) is 4.90 Å². The molecule has 0 atom stereocenters. The summed E-state index contributed by atoms with van der Waals surface area (Å²) in [5.41, 5.74) is 2.54. The molecule has 1 rings (SSSR count). The molecule has 0 spiro atoms. The number of hydrogen-bond donors (Lipinski definition) is 2. The molecule has 0 radical (unpaired) electrons. The first-order valence-electron chi connectivity index (χ1n) is 5.45. The fourth-order valence-corrected chi connectivity index (χ4v) is 2.06. The van der Waals surface area contributed by atoms with E-state index in [-0.39, 0.29) is 0 Å². The van der Waals surface area contributed by atoms with Gasteiger partial charge < -0.3 is 10.6 Å². The number of benzene rings is 1. The standard InChI is InChI=1S/C13H18N2O2S/c1-10(14-2)9-13(15-3)11-5-7-12(8-6-11)18(4,16)17/h5-9,14-15H,1H2,2-4H3/b13-9-. The summed E-state index contributed by atoms with van der Waals surface area (Å²) < 4.78 is 22.7. The monoisotopic (exact) mass is 266 g/mol. The second-order valence-electron chi connectivity index (χ2n) is 3.88. The van der Waals surface area contributed by atoms with Gasteiger partial charge in [0.15, 0.2) is 9.84 Å². The van der Waals surface area contributed by atoms with Crippen LogP contribution in [0.25, 0.3) is 5.70 Å². The van der Waals surface area contributed by atoms with Crippen LogP contribution in [-0.2, 0) is 9.84 Å². The maximum atomic E-state index is 11.4. The maximum Gasteiger partial charge on any atom is 0.175 e. The van der Waals surface area contributed by atoms with Crippen molar-refractivity contribution in [2.24, 2.45) is 0 Å². The van der Waals surface area contributed by atoms with Crippen LogP contribution in [-0.4, -0.2) is 28.8 Å². The van der Waals surface area contributed by atoms with Gasteiger partial charge in [-0.25, -0.2) is 8.42 Å². The number of hydrogen-bond acceptors (Lipinski definition) is 4. The molecule has 0 aliphatic heterocycles. The van der Waals surface area contributed by atoms with Crippen molar-refractivity contribution in [1.29, 1.82) is 0 Å². The lowest BCUT2D eigenvalue weighted by Gasteiger charge is -2.09. The van der Waals surface area contributed by atoms with Crippen molar-refractivity contribution < 1.29 is 8.42 Å². The van der Waals surface area contributed by atoms with Gasteiger partial charge in [0.05, 0.1) is 4.90 Å². The maximum absolute atomic E-state index is 11.4. The molecule has 1 aromatic rings. The van der Waals surface area contributed by atoms with Crippen LogP contribution in [0.2, 0.25) is 0 Å². The van der Waals surface area contributed by atoms with E-state index in [1.54, 1.807) is 38.4 Å². The molecule has 0 bridgehead atoms. The molecule has 0 aromatic heterocycles. The van der Waals surface area contributed by atoms with Gasteiger partial charge in [-0.15, -0.1) is 0 Å². The molecule has 4 nitrogen and oxygen atoms in total. The second-order valence-corrected chi connectivity index (χ2v) is 5.90. The molecule has 2 N–H and O–H groups in total. The minimum absolute atomic E-state index is 0.314. The van der Waals surface area contributed by atoms with Crippen LogP contribution < -0.4 is 10.6 Å². The van der Waals surface area contributed by atoms with E-state index in [0.717, 1.165) is 17.0 Å². The zero-order chi connectivity index (χ0) is 13.8. The normalized spacial score (nSPS) is 12.1. The fraction of sp³-hybridized carbons (Fsp3) is 0.231. The quantitative estimate of drug-likeness (QED) is 0.791. The summed E-state index contributed by atoms with van der Waals surface area (Å²) in [5.74, 6) is 0. The third kappa shape index (κ3) is 3.63. The third-order valence-corrected chi connectivity index (χ3v) is 3.63. The average Bonchev–Trinajstić information content (AvgIpc) is 2.34. The number of rotatable bonds is 5. The van der Waals surface area contributed by atoms with E-state index < -0.39 is 9.84 Å². The molecule has 98 valence electrons. The molecule has 5 heteroatoms. The minimum Gasteiger partial charge on any atom is -0.389 e. The Bertz CT molecular complexity index is 557. The minimum atomic E-state index is -3.15. The largest absolute Gasteiger partial charge is 0.389 e. The first kappa shape index (κ1) is 14.3. The second kappa shape index (κ2) is 5.73. The molecule has 0 saturated heterocycles. The number of nitrogens with one attached hydrogen (secondary N) is 2. The van der Waals surface area contributed by atoms with Crippen LogP contribution in [0.5, 0.6) is 0 Å². The third-order valence-electron chi connectivity index (χ3n) is 2.50. The first-order valence-corrected chi connectivity index (χ1v) is 7.34. The average molecular weight is 266 g/mol. The van der Waals surface area contributed by atoms with Crippen molar-refractivity contribution in [3.8, 4) is 0 Å². The molecule has 0 heterocycles. The Morgan fingerprint density at radius 3 is 2.11 bits per heavy atom. The fourth-order valence-electron chi connectivity index (χ4n) is 1.43. The lowest BCUT2D eigenvalue weighted by atomic mass is 10.1. The summed E-state index contributed by atoms with van der Waals surface area (Å²) >= 11 is 0. The SMILES string of the molecule is C=C(/C=C(\NC)c1ccc(S(C)(=O)=O)cc1)NC. The Balaban J connectivity index is 3.11. The zero-order valence-corrected chi connectivity index (χ0v) is 11.6. The lowest BCUT2D eigenvalue weighted by molar-refractivity contribution is 0.602. The first-order chi connectivity index (χ1) is 8.38. The molecule has 0 fully saturated rings. The molecular formula is C13H18N2O2S. The number of likely N-dealkylation sites (N-methyl/N-ethyl adjacent to an activating group) is 1. The van der Waals surface area contributed by atoms with Crippen LogP contribution in [0.1, 0.15) is 5.56 Å². The van der Waals surface area contributed by atoms with Crippen LogP contribution in [0.4, 0.5) is 0 Å². The summed E-state index contributed by atoms with van der Waals surface area (Å²) in [6.07, 6.45) is 3.05. The van der Waals surface area contributed by atoms with Crippen LogP contribution in [0.3, 0.4) is 0 Å². The summed E-state index contributed by atoms with van der Waals surface area (Å²) in [4.78, 5) is 0.314. The van der Waals surface area contributed by atoms with Gasteiger partial charge in [0.2, 0.25) is 0 Å². The van der Waals surface area contributed by atoms with Gasteiger partial charge in [-0.3, -0.25) is 0 Å². The topological polar surface area (TPSA) is 58.2 Å². The molecule has 0 unspecified atom stereocenters. The van der Waals surface area contributed by atoms with E-state index in [2.05, 4.69) is 17.2 Å². The Morgan fingerprint density at radius 1 is 1.17 bits per heavy atom. The van der Waals surface area contributed by atoms with E-state index in [4.69, 9.17) is 0 Å². The zero-order valence-electron chi connectivity index (χ0n) is 10.8. The predicted octanol–water partition coefficient (Wildman–Crippen LogP) is 1.38. The van der Waals surface area contributed by atoms with Crippen molar-refractivity contribution in [3.05, 3.63) is 48.2 Å². The highest BCUT2D eigenvalue weighted by atomic mass is 32.2. The number of sulfone groups is 1. The van der Waals surface area contributed by atoms with Gasteiger partial charge in [0, 0.05) is 31.7 Å². The van der Waals surface area contributed by atoms with Gasteiger partial charge in [-0.05, 0) is 23.8 Å². The highest BCUT2D eigenvalue weighted by Crippen LogP contribution is 2.16. The smallest absolute Gasteiger partial charge is 0.175 e. The Kier molecular flexibility index (Phi) is 4.55. The Labute approximate surface area is 108 Å². The van der Waals surface area contributed by atoms with Gasteiger partial charge in [-0.1, -0.05) is 18.7 Å². The van der Waals surface area contributed by atoms with Crippen molar-refractivity contribution in [2.45, 2.75) is 4.90 Å². The summed E-state index contributed by atoms with van der Waals surface area (Å²) in [7, 11) is 0.446. The molecule has 0 saturated carbocycles. The summed E-state index contributed by atoms with van der Waals surface area (Å²) in [6.45, 7) is 3.82. The van der Waals surface area contributed by atoms with Crippen LogP contribution in [0, 0.1) is 0 Å². The predicted molar refractivity (Wildman–Crippen MR) is 74.8 cm³/mol. The van der Waals surface area contributed by atoms with E-state index >= 15 is 0 Å². The molecule has 18 heavy (non-hydrogen) atoms. The van der Waals surface area contributed by atoms with Crippen molar-refractivity contribution in [1.82, 2.24) is 10.6 Å². The van der Waals surface area contributed by atoms with E-state index in [9.17, 15) is 8.42 Å². The van der Waals surface area contributed by atoms with Gasteiger partial charge in [0.25, 0.3) is 0 Å². The Morgan fingerprint density at radius 2 is 1.72 bits per heavy atom. The van der Waals surface area contributed by atoms with E-state index in [1.165, 1.54) is 6.26 Å². The highest BCUT2D eigenvalue weighted by molar-refractivity contribution is 7.90.